The second-order valence-electron chi connectivity index (χ2n) is 2.68. The Morgan fingerprint density at radius 1 is 1.46 bits per heavy atom. The van der Waals surface area contributed by atoms with Crippen LogP contribution in [0.2, 0.25) is 0 Å². The minimum Gasteiger partial charge on any atom is -0.508 e. The summed E-state index contributed by atoms with van der Waals surface area (Å²) in [7, 11) is 0. The van der Waals surface area contributed by atoms with Crippen molar-refractivity contribution in [3.05, 3.63) is 35.4 Å². The minimum atomic E-state index is -0.540. The van der Waals surface area contributed by atoms with Crippen LogP contribution in [0.3, 0.4) is 0 Å². The zero-order chi connectivity index (χ0) is 9.84. The highest BCUT2D eigenvalue weighted by atomic mass is 16.3. The van der Waals surface area contributed by atoms with Crippen molar-refractivity contribution < 1.29 is 9.90 Å². The maximum atomic E-state index is 10.8. The first kappa shape index (κ1) is 9.32. The number of phenols is 1. The summed E-state index contributed by atoms with van der Waals surface area (Å²) in [6.45, 7) is 1.86. The van der Waals surface area contributed by atoms with E-state index >= 15 is 0 Å². The number of carbonyl (C=O) groups excluding carboxylic acids is 1. The van der Waals surface area contributed by atoms with Crippen LogP contribution in [0.4, 0.5) is 0 Å². The molecule has 0 atom stereocenters. The molecule has 0 radical (unpaired) electrons. The van der Waals surface area contributed by atoms with Crippen molar-refractivity contribution in [1.29, 1.82) is 0 Å². The van der Waals surface area contributed by atoms with Gasteiger partial charge in [-0.05, 0) is 30.7 Å². The number of phenolic OH excluding ortho intramolecular Hbond substituents is 1. The quantitative estimate of drug-likeness (QED) is 0.719. The third-order valence-electron chi connectivity index (χ3n) is 1.58. The highest BCUT2D eigenvalue weighted by Gasteiger charge is 2.02. The Morgan fingerprint density at radius 3 is 2.69 bits per heavy atom. The molecule has 0 bridgehead atoms. The summed E-state index contributed by atoms with van der Waals surface area (Å²) in [6, 6.07) is 4.53. The Kier molecular flexibility index (Phi) is 2.69. The van der Waals surface area contributed by atoms with E-state index in [9.17, 15) is 9.90 Å². The van der Waals surface area contributed by atoms with E-state index in [1.54, 1.807) is 18.2 Å². The van der Waals surface area contributed by atoms with Crippen molar-refractivity contribution in [3.63, 3.8) is 0 Å². The van der Waals surface area contributed by atoms with E-state index in [4.69, 9.17) is 5.73 Å². The van der Waals surface area contributed by atoms with Crippen molar-refractivity contribution in [1.82, 2.24) is 0 Å². The van der Waals surface area contributed by atoms with Gasteiger partial charge in [0.2, 0.25) is 5.91 Å². The zero-order valence-electron chi connectivity index (χ0n) is 7.32. The van der Waals surface area contributed by atoms with Crippen LogP contribution in [0.1, 0.15) is 22.8 Å². The van der Waals surface area contributed by atoms with Crippen LogP contribution in [-0.4, -0.2) is 11.0 Å². The van der Waals surface area contributed by atoms with Gasteiger partial charge in [0.25, 0.3) is 0 Å². The SMILES string of the molecule is C/C=C/c1cc(O)cc(C(N)=O)c1. The topological polar surface area (TPSA) is 63.3 Å². The lowest BCUT2D eigenvalue weighted by atomic mass is 10.1. The molecule has 1 rings (SSSR count). The van der Waals surface area contributed by atoms with Gasteiger partial charge < -0.3 is 10.8 Å². The van der Waals surface area contributed by atoms with Crippen LogP contribution < -0.4 is 5.73 Å². The average Bonchev–Trinajstić information content (AvgIpc) is 2.03. The van der Waals surface area contributed by atoms with Gasteiger partial charge in [0, 0.05) is 5.56 Å². The summed E-state index contributed by atoms with van der Waals surface area (Å²) in [6.07, 6.45) is 3.60. The number of aromatic hydroxyl groups is 1. The van der Waals surface area contributed by atoms with Crippen LogP contribution in [0.15, 0.2) is 24.3 Å². The monoisotopic (exact) mass is 177 g/mol. The smallest absolute Gasteiger partial charge is 0.248 e. The third kappa shape index (κ3) is 2.33. The van der Waals surface area contributed by atoms with Gasteiger partial charge in [-0.15, -0.1) is 0 Å². The number of benzene rings is 1. The van der Waals surface area contributed by atoms with E-state index in [-0.39, 0.29) is 5.75 Å². The number of hydrogen-bond donors (Lipinski definition) is 2. The second kappa shape index (κ2) is 3.76. The molecular formula is C10H11NO2. The predicted molar refractivity (Wildman–Crippen MR) is 51.3 cm³/mol. The van der Waals surface area contributed by atoms with E-state index in [2.05, 4.69) is 0 Å². The molecule has 3 heteroatoms. The summed E-state index contributed by atoms with van der Waals surface area (Å²) in [5, 5.41) is 9.23. The van der Waals surface area contributed by atoms with Crippen molar-refractivity contribution >= 4 is 12.0 Å². The molecule has 13 heavy (non-hydrogen) atoms. The van der Waals surface area contributed by atoms with Gasteiger partial charge in [0.1, 0.15) is 5.75 Å². The van der Waals surface area contributed by atoms with Crippen molar-refractivity contribution in [3.8, 4) is 5.75 Å². The Labute approximate surface area is 76.5 Å². The number of amides is 1. The molecule has 0 aromatic heterocycles. The van der Waals surface area contributed by atoms with E-state index in [1.807, 2.05) is 13.0 Å². The van der Waals surface area contributed by atoms with Crippen molar-refractivity contribution in [2.75, 3.05) is 0 Å². The molecule has 0 saturated heterocycles. The molecule has 0 aliphatic heterocycles. The Balaban J connectivity index is 3.18. The first-order valence-corrected chi connectivity index (χ1v) is 3.90. The predicted octanol–water partition coefficient (Wildman–Crippen LogP) is 1.52. The molecule has 1 aromatic carbocycles. The number of hydrogen-bond acceptors (Lipinski definition) is 2. The van der Waals surface area contributed by atoms with Gasteiger partial charge in [0.05, 0.1) is 0 Å². The van der Waals surface area contributed by atoms with E-state index in [0.29, 0.717) is 5.56 Å². The summed E-state index contributed by atoms with van der Waals surface area (Å²) in [5.41, 5.74) is 6.15. The lowest BCUT2D eigenvalue weighted by molar-refractivity contribution is 0.1000. The van der Waals surface area contributed by atoms with Crippen LogP contribution >= 0.6 is 0 Å². The normalized spacial score (nSPS) is 10.5. The van der Waals surface area contributed by atoms with Gasteiger partial charge in [-0.1, -0.05) is 12.2 Å². The first-order valence-electron chi connectivity index (χ1n) is 3.90. The standard InChI is InChI=1S/C10H11NO2/c1-2-3-7-4-8(10(11)13)6-9(12)5-7/h2-6,12H,1H3,(H2,11,13)/b3-2+. The van der Waals surface area contributed by atoms with Gasteiger partial charge in [-0.25, -0.2) is 0 Å². The maximum absolute atomic E-state index is 10.8. The average molecular weight is 177 g/mol. The summed E-state index contributed by atoms with van der Waals surface area (Å²) >= 11 is 0. The Bertz CT molecular complexity index is 356. The molecule has 0 aliphatic rings. The van der Waals surface area contributed by atoms with Gasteiger partial charge in [-0.2, -0.15) is 0 Å². The molecule has 0 fully saturated rings. The first-order chi connectivity index (χ1) is 6.13. The molecule has 0 saturated carbocycles. The van der Waals surface area contributed by atoms with Crippen molar-refractivity contribution in [2.24, 2.45) is 5.73 Å². The molecule has 1 amide bonds. The fourth-order valence-corrected chi connectivity index (χ4v) is 1.07. The molecule has 0 heterocycles. The summed E-state index contributed by atoms with van der Waals surface area (Å²) in [4.78, 5) is 10.8. The molecule has 1 aromatic rings. The van der Waals surface area contributed by atoms with Crippen LogP contribution in [0.5, 0.6) is 5.75 Å². The highest BCUT2D eigenvalue weighted by molar-refractivity contribution is 5.93. The van der Waals surface area contributed by atoms with Gasteiger partial charge in [0.15, 0.2) is 0 Å². The molecular weight excluding hydrogens is 166 g/mol. The molecule has 0 aliphatic carbocycles. The highest BCUT2D eigenvalue weighted by Crippen LogP contribution is 2.16. The third-order valence-corrected chi connectivity index (χ3v) is 1.58. The number of primary amides is 1. The Morgan fingerprint density at radius 2 is 2.15 bits per heavy atom. The molecule has 3 nitrogen and oxygen atoms in total. The van der Waals surface area contributed by atoms with E-state index in [0.717, 1.165) is 5.56 Å². The molecule has 3 N–H and O–H groups in total. The lowest BCUT2D eigenvalue weighted by Crippen LogP contribution is -2.10. The number of rotatable bonds is 2. The number of carbonyl (C=O) groups is 1. The van der Waals surface area contributed by atoms with Gasteiger partial charge >= 0.3 is 0 Å². The molecule has 0 unspecified atom stereocenters. The largest absolute Gasteiger partial charge is 0.508 e. The fourth-order valence-electron chi connectivity index (χ4n) is 1.07. The van der Waals surface area contributed by atoms with Crippen LogP contribution in [0.25, 0.3) is 6.08 Å². The second-order valence-corrected chi connectivity index (χ2v) is 2.68. The number of nitrogens with two attached hydrogens (primary N) is 1. The lowest BCUT2D eigenvalue weighted by Gasteiger charge is -1.99. The summed E-state index contributed by atoms with van der Waals surface area (Å²) in [5.74, 6) is -0.494. The van der Waals surface area contributed by atoms with Gasteiger partial charge in [-0.3, -0.25) is 4.79 Å². The number of allylic oxidation sites excluding steroid dienone is 1. The molecule has 68 valence electrons. The van der Waals surface area contributed by atoms with Crippen LogP contribution in [-0.2, 0) is 0 Å². The van der Waals surface area contributed by atoms with E-state index < -0.39 is 5.91 Å². The zero-order valence-corrected chi connectivity index (χ0v) is 7.32. The molecule has 0 spiro atoms. The maximum Gasteiger partial charge on any atom is 0.248 e. The Hall–Kier alpha value is -1.77. The summed E-state index contributed by atoms with van der Waals surface area (Å²) < 4.78 is 0. The van der Waals surface area contributed by atoms with Crippen molar-refractivity contribution in [2.45, 2.75) is 6.92 Å². The van der Waals surface area contributed by atoms with E-state index in [1.165, 1.54) is 6.07 Å². The minimum absolute atomic E-state index is 0.0457. The fraction of sp³-hybridized carbons (Fsp3) is 0.100. The van der Waals surface area contributed by atoms with Crippen LogP contribution in [0, 0.1) is 0 Å².